The molecule has 0 aliphatic heterocycles. The van der Waals surface area contributed by atoms with E-state index in [0.717, 1.165) is 0 Å². The van der Waals surface area contributed by atoms with Gasteiger partial charge >= 0.3 is 5.97 Å². The minimum absolute atomic E-state index is 0.00537. The highest BCUT2D eigenvalue weighted by atomic mass is 127. The van der Waals surface area contributed by atoms with Crippen LogP contribution in [-0.4, -0.2) is 18.1 Å². The molecule has 8 heteroatoms. The Labute approximate surface area is 120 Å². The average Bonchev–Trinajstić information content (AvgIpc) is 2.38. The Balaban J connectivity index is 2.91. The Morgan fingerprint density at radius 2 is 2.32 bits per heavy atom. The molecule has 0 unspecified atom stereocenters. The van der Waals surface area contributed by atoms with Crippen LogP contribution in [0, 0.1) is 9.39 Å². The van der Waals surface area contributed by atoms with E-state index in [4.69, 9.17) is 5.53 Å². The molecule has 19 heavy (non-hydrogen) atoms. The zero-order valence-corrected chi connectivity index (χ0v) is 11.8. The van der Waals surface area contributed by atoms with Crippen molar-refractivity contribution >= 4 is 45.2 Å². The van der Waals surface area contributed by atoms with Crippen LogP contribution in [0.4, 0.5) is 10.1 Å². The van der Waals surface area contributed by atoms with Crippen LogP contribution in [0.3, 0.4) is 0 Å². The van der Waals surface area contributed by atoms with Gasteiger partial charge in [-0.25, -0.2) is 9.18 Å². The van der Waals surface area contributed by atoms with Gasteiger partial charge in [-0.05, 0) is 40.3 Å². The third kappa shape index (κ3) is 2.45. The third-order valence-electron chi connectivity index (χ3n) is 2.41. The van der Waals surface area contributed by atoms with Crippen molar-refractivity contribution in [2.45, 2.75) is 0 Å². The molecule has 96 valence electrons. The largest absolute Gasteiger partial charge is 0.465 e. The monoisotopic (exact) mass is 372 g/mol. The Kier molecular flexibility index (Phi) is 3.82. The molecule has 2 aromatic rings. The van der Waals surface area contributed by atoms with Crippen LogP contribution in [0.25, 0.3) is 21.3 Å². The van der Waals surface area contributed by atoms with Gasteiger partial charge in [0, 0.05) is 20.1 Å². The van der Waals surface area contributed by atoms with E-state index in [2.05, 4.69) is 19.7 Å². The van der Waals surface area contributed by atoms with Gasteiger partial charge in [0.2, 0.25) is 0 Å². The first-order chi connectivity index (χ1) is 9.08. The van der Waals surface area contributed by atoms with Crippen molar-refractivity contribution in [3.63, 3.8) is 0 Å². The summed E-state index contributed by atoms with van der Waals surface area (Å²) in [5.74, 6) is -1.20. The lowest BCUT2D eigenvalue weighted by atomic mass is 10.1. The van der Waals surface area contributed by atoms with Gasteiger partial charge in [0.05, 0.1) is 23.9 Å². The Morgan fingerprint density at radius 1 is 1.58 bits per heavy atom. The lowest BCUT2D eigenvalue weighted by Crippen LogP contribution is -2.03. The van der Waals surface area contributed by atoms with Crippen LogP contribution in [0.5, 0.6) is 0 Å². The number of aromatic nitrogens is 1. The quantitative estimate of drug-likeness (QED) is 0.265. The summed E-state index contributed by atoms with van der Waals surface area (Å²) in [4.78, 5) is 18.3. The predicted octanol–water partition coefficient (Wildman–Crippen LogP) is 3.71. The number of benzene rings is 1. The first-order valence-corrected chi connectivity index (χ1v) is 6.07. The van der Waals surface area contributed by atoms with E-state index in [1.165, 1.54) is 25.4 Å². The topological polar surface area (TPSA) is 88.0 Å². The Bertz CT molecular complexity index is 728. The molecule has 0 amide bonds. The lowest BCUT2D eigenvalue weighted by molar-refractivity contribution is 0.0601. The number of hydrogen-bond acceptors (Lipinski definition) is 4. The minimum atomic E-state index is -0.698. The Morgan fingerprint density at radius 3 is 2.95 bits per heavy atom. The van der Waals surface area contributed by atoms with Crippen LogP contribution in [-0.2, 0) is 4.74 Å². The van der Waals surface area contributed by atoms with Gasteiger partial charge in [0.25, 0.3) is 0 Å². The summed E-state index contributed by atoms with van der Waals surface area (Å²) in [5, 5.41) is 3.72. The van der Waals surface area contributed by atoms with E-state index in [1.807, 2.05) is 22.6 Å². The summed E-state index contributed by atoms with van der Waals surface area (Å²) >= 11 is 1.91. The molecule has 0 spiro atoms. The molecule has 0 bridgehead atoms. The standard InChI is InChI=1S/C11H6FIN4O2/c1-19-11(18)7-4-15-10-6(9(7)16-17-14)2-5(12)3-8(10)13/h2-4H,1H3. The summed E-state index contributed by atoms with van der Waals surface area (Å²) in [7, 11) is 1.20. The van der Waals surface area contributed by atoms with Gasteiger partial charge in [0.15, 0.2) is 0 Å². The molecule has 0 N–H and O–H groups in total. The van der Waals surface area contributed by atoms with Crippen molar-refractivity contribution in [2.24, 2.45) is 5.11 Å². The molecule has 0 atom stereocenters. The van der Waals surface area contributed by atoms with E-state index in [-0.39, 0.29) is 16.6 Å². The lowest BCUT2D eigenvalue weighted by Gasteiger charge is -2.08. The highest BCUT2D eigenvalue weighted by Crippen LogP contribution is 2.32. The number of methoxy groups -OCH3 is 1. The number of carbonyl (C=O) groups is 1. The van der Waals surface area contributed by atoms with Crippen molar-refractivity contribution < 1.29 is 13.9 Å². The number of pyridine rings is 1. The number of carbonyl (C=O) groups excluding carboxylic acids is 1. The molecule has 0 aliphatic rings. The second-order valence-corrected chi connectivity index (χ2v) is 4.65. The van der Waals surface area contributed by atoms with Gasteiger partial charge < -0.3 is 4.74 Å². The second kappa shape index (κ2) is 5.37. The van der Waals surface area contributed by atoms with Gasteiger partial charge in [-0.2, -0.15) is 0 Å². The van der Waals surface area contributed by atoms with E-state index in [1.54, 1.807) is 0 Å². The molecule has 1 heterocycles. The minimum Gasteiger partial charge on any atom is -0.465 e. The number of esters is 1. The summed E-state index contributed by atoms with van der Waals surface area (Å²) in [6.07, 6.45) is 1.25. The summed E-state index contributed by atoms with van der Waals surface area (Å²) in [6, 6.07) is 2.47. The number of azide groups is 1. The van der Waals surface area contributed by atoms with Crippen molar-refractivity contribution in [1.29, 1.82) is 0 Å². The highest BCUT2D eigenvalue weighted by molar-refractivity contribution is 14.1. The maximum Gasteiger partial charge on any atom is 0.339 e. The van der Waals surface area contributed by atoms with Crippen LogP contribution in [0.15, 0.2) is 23.4 Å². The maximum absolute atomic E-state index is 13.4. The molecule has 0 aliphatic carbocycles. The van der Waals surface area contributed by atoms with Gasteiger partial charge in [-0.15, -0.1) is 0 Å². The third-order valence-corrected chi connectivity index (χ3v) is 3.23. The molecular weight excluding hydrogens is 366 g/mol. The van der Waals surface area contributed by atoms with E-state index < -0.39 is 11.8 Å². The molecule has 0 fully saturated rings. The molecule has 2 rings (SSSR count). The van der Waals surface area contributed by atoms with E-state index in [0.29, 0.717) is 9.09 Å². The Hall–Kier alpha value is -1.93. The number of fused-ring (bicyclic) bond motifs is 1. The fourth-order valence-electron chi connectivity index (χ4n) is 1.62. The molecule has 0 saturated heterocycles. The molecular formula is C11H6FIN4O2. The first-order valence-electron chi connectivity index (χ1n) is 4.99. The normalized spacial score (nSPS) is 10.1. The number of rotatable bonds is 2. The number of hydrogen-bond donors (Lipinski definition) is 0. The maximum atomic E-state index is 13.4. The highest BCUT2D eigenvalue weighted by Gasteiger charge is 2.16. The van der Waals surface area contributed by atoms with Crippen LogP contribution in [0.1, 0.15) is 10.4 Å². The predicted molar refractivity (Wildman–Crippen MR) is 74.6 cm³/mol. The van der Waals surface area contributed by atoms with E-state index in [9.17, 15) is 9.18 Å². The summed E-state index contributed by atoms with van der Waals surface area (Å²) in [5.41, 5.74) is 9.05. The number of halogens is 2. The van der Waals surface area contributed by atoms with Gasteiger partial charge in [-0.3, -0.25) is 4.98 Å². The second-order valence-electron chi connectivity index (χ2n) is 3.49. The van der Waals surface area contributed by atoms with Crippen molar-refractivity contribution in [3.8, 4) is 0 Å². The van der Waals surface area contributed by atoms with E-state index >= 15 is 0 Å². The SMILES string of the molecule is COC(=O)c1cnc2c(I)cc(F)cc2c1N=[N+]=[N-]. The van der Waals surface area contributed by atoms with Crippen molar-refractivity contribution in [1.82, 2.24) is 4.98 Å². The molecule has 1 aromatic carbocycles. The average molecular weight is 372 g/mol. The smallest absolute Gasteiger partial charge is 0.339 e. The summed E-state index contributed by atoms with van der Waals surface area (Å²) in [6.45, 7) is 0. The number of nitrogens with zero attached hydrogens (tertiary/aromatic N) is 4. The zero-order chi connectivity index (χ0) is 14.0. The van der Waals surface area contributed by atoms with Crippen LogP contribution in [0.2, 0.25) is 0 Å². The first kappa shape index (κ1) is 13.5. The fraction of sp³-hybridized carbons (Fsp3) is 0.0909. The molecule has 0 saturated carbocycles. The van der Waals surface area contributed by atoms with Gasteiger partial charge in [0.1, 0.15) is 5.82 Å². The van der Waals surface area contributed by atoms with Crippen LogP contribution >= 0.6 is 22.6 Å². The molecule has 6 nitrogen and oxygen atoms in total. The van der Waals surface area contributed by atoms with Crippen molar-refractivity contribution in [3.05, 3.63) is 43.7 Å². The fourth-order valence-corrected chi connectivity index (χ4v) is 2.35. The van der Waals surface area contributed by atoms with Crippen LogP contribution < -0.4 is 0 Å². The zero-order valence-electron chi connectivity index (χ0n) is 9.59. The molecule has 0 radical (unpaired) electrons. The number of ether oxygens (including phenoxy) is 1. The van der Waals surface area contributed by atoms with Crippen molar-refractivity contribution in [2.75, 3.05) is 7.11 Å². The van der Waals surface area contributed by atoms with Gasteiger partial charge in [-0.1, -0.05) is 5.11 Å². The molecule has 1 aromatic heterocycles. The summed E-state index contributed by atoms with van der Waals surface area (Å²) < 4.78 is 18.6.